The molecule has 0 saturated carbocycles. The Morgan fingerprint density at radius 2 is 2.00 bits per heavy atom. The van der Waals surface area contributed by atoms with E-state index in [2.05, 4.69) is 10.4 Å². The number of hydrogen-bond donors (Lipinski definition) is 1. The molecule has 0 radical (unpaired) electrons. The van der Waals surface area contributed by atoms with Crippen molar-refractivity contribution < 1.29 is 9.53 Å². The van der Waals surface area contributed by atoms with E-state index in [0.717, 1.165) is 41.7 Å². The minimum Gasteiger partial charge on any atom is -0.497 e. The van der Waals surface area contributed by atoms with Gasteiger partial charge >= 0.3 is 6.03 Å². The second-order valence-corrected chi connectivity index (χ2v) is 6.14. The molecule has 1 fully saturated rings. The zero-order chi connectivity index (χ0) is 17.2. The molecule has 2 heterocycles. The average Bonchev–Trinajstić information content (AvgIpc) is 3.29. The van der Waals surface area contributed by atoms with E-state index in [1.54, 1.807) is 18.1 Å². The van der Waals surface area contributed by atoms with E-state index in [1.165, 1.54) is 0 Å². The number of amides is 2. The lowest BCUT2D eigenvalue weighted by molar-refractivity contribution is 0.204. The van der Waals surface area contributed by atoms with Crippen LogP contribution in [-0.4, -0.2) is 34.2 Å². The maximum atomic E-state index is 12.8. The molecular formula is C19H20N4O2. The van der Waals surface area contributed by atoms with Gasteiger partial charge in [-0.15, -0.1) is 0 Å². The largest absolute Gasteiger partial charge is 0.497 e. The monoisotopic (exact) mass is 336 g/mol. The smallest absolute Gasteiger partial charge is 0.337 e. The molecule has 4 rings (SSSR count). The van der Waals surface area contributed by atoms with Crippen LogP contribution in [0.15, 0.2) is 54.9 Å². The number of hydrogen-bond acceptors (Lipinski definition) is 3. The van der Waals surface area contributed by atoms with Crippen molar-refractivity contribution in [3.63, 3.8) is 0 Å². The van der Waals surface area contributed by atoms with Crippen molar-refractivity contribution in [1.82, 2.24) is 14.6 Å². The molecule has 2 amide bonds. The van der Waals surface area contributed by atoms with Crippen molar-refractivity contribution in [2.24, 2.45) is 0 Å². The second kappa shape index (κ2) is 6.47. The molecule has 1 aliphatic rings. The van der Waals surface area contributed by atoms with Gasteiger partial charge in [-0.25, -0.2) is 19.9 Å². The summed E-state index contributed by atoms with van der Waals surface area (Å²) in [4.78, 5) is 19.0. The first-order valence-corrected chi connectivity index (χ1v) is 8.40. The Kier molecular flexibility index (Phi) is 4.01. The number of carbonyl (C=O) groups excluding carboxylic acids is 1. The molecule has 1 atom stereocenters. The summed E-state index contributed by atoms with van der Waals surface area (Å²) in [5, 5.41) is 0. The van der Waals surface area contributed by atoms with Crippen LogP contribution in [0.1, 0.15) is 24.4 Å². The quantitative estimate of drug-likeness (QED) is 0.796. The molecule has 0 spiro atoms. The van der Waals surface area contributed by atoms with Crippen LogP contribution in [0, 0.1) is 0 Å². The number of rotatable bonds is 3. The summed E-state index contributed by atoms with van der Waals surface area (Å²) in [5.41, 5.74) is 5.82. The molecule has 0 bridgehead atoms. The number of fused-ring (bicyclic) bond motifs is 1. The van der Waals surface area contributed by atoms with Crippen molar-refractivity contribution >= 4 is 17.1 Å². The van der Waals surface area contributed by atoms with E-state index < -0.39 is 0 Å². The van der Waals surface area contributed by atoms with Crippen molar-refractivity contribution in [3.05, 3.63) is 60.4 Å². The van der Waals surface area contributed by atoms with Crippen LogP contribution in [-0.2, 0) is 0 Å². The van der Waals surface area contributed by atoms with Gasteiger partial charge < -0.3 is 9.64 Å². The van der Waals surface area contributed by atoms with Gasteiger partial charge in [-0.05, 0) is 42.7 Å². The zero-order valence-electron chi connectivity index (χ0n) is 14.1. The predicted octanol–water partition coefficient (Wildman–Crippen LogP) is 3.55. The van der Waals surface area contributed by atoms with E-state index in [4.69, 9.17) is 4.74 Å². The van der Waals surface area contributed by atoms with Crippen LogP contribution in [0.4, 0.5) is 4.79 Å². The molecular weight excluding hydrogens is 316 g/mol. The van der Waals surface area contributed by atoms with E-state index in [9.17, 15) is 4.79 Å². The zero-order valence-corrected chi connectivity index (χ0v) is 14.1. The Morgan fingerprint density at radius 1 is 1.20 bits per heavy atom. The average molecular weight is 336 g/mol. The minimum absolute atomic E-state index is 0.0840. The molecule has 0 aliphatic carbocycles. The van der Waals surface area contributed by atoms with Gasteiger partial charge in [0.15, 0.2) is 0 Å². The van der Waals surface area contributed by atoms with Crippen molar-refractivity contribution in [2.75, 3.05) is 19.1 Å². The molecule has 1 aromatic heterocycles. The molecule has 6 heteroatoms. The van der Waals surface area contributed by atoms with Crippen molar-refractivity contribution in [2.45, 2.75) is 18.9 Å². The SMILES string of the molecule is COc1ccc([C@@H]2CCCN2C(=O)Nn2cnc3ccccc32)cc1. The Hall–Kier alpha value is -3.02. The summed E-state index contributed by atoms with van der Waals surface area (Å²) in [6, 6.07) is 15.6. The lowest BCUT2D eigenvalue weighted by atomic mass is 10.0. The Bertz CT molecular complexity index is 888. The fourth-order valence-corrected chi connectivity index (χ4v) is 3.40. The van der Waals surface area contributed by atoms with E-state index >= 15 is 0 Å². The number of methoxy groups -OCH3 is 1. The summed E-state index contributed by atoms with van der Waals surface area (Å²) in [6.07, 6.45) is 3.60. The molecule has 128 valence electrons. The number of benzene rings is 2. The highest BCUT2D eigenvalue weighted by Gasteiger charge is 2.30. The van der Waals surface area contributed by atoms with Crippen LogP contribution >= 0.6 is 0 Å². The van der Waals surface area contributed by atoms with Gasteiger partial charge in [0.1, 0.15) is 12.1 Å². The first-order chi connectivity index (χ1) is 12.3. The molecule has 1 saturated heterocycles. The number of nitrogens with zero attached hydrogens (tertiary/aromatic N) is 3. The number of para-hydroxylation sites is 2. The standard InChI is InChI=1S/C19H20N4O2/c1-25-15-10-8-14(9-11-15)17-7-4-12-22(17)19(24)21-23-13-20-16-5-2-3-6-18(16)23/h2-3,5-6,8-11,13,17H,4,7,12H2,1H3,(H,21,24)/t17-/m0/s1. The van der Waals surface area contributed by atoms with Crippen LogP contribution in [0.2, 0.25) is 0 Å². The maximum Gasteiger partial charge on any atom is 0.337 e. The van der Waals surface area contributed by atoms with Crippen molar-refractivity contribution in [1.29, 1.82) is 0 Å². The summed E-state index contributed by atoms with van der Waals surface area (Å²) < 4.78 is 6.90. The van der Waals surface area contributed by atoms with Gasteiger partial charge in [0.05, 0.1) is 24.2 Å². The van der Waals surface area contributed by atoms with Crippen LogP contribution in [0.5, 0.6) is 5.75 Å². The lowest BCUT2D eigenvalue weighted by Gasteiger charge is -2.25. The molecule has 6 nitrogen and oxygen atoms in total. The summed E-state index contributed by atoms with van der Waals surface area (Å²) in [6.45, 7) is 0.745. The van der Waals surface area contributed by atoms with Gasteiger partial charge in [0.25, 0.3) is 0 Å². The number of nitrogens with one attached hydrogen (secondary N) is 1. The number of carbonyl (C=O) groups is 1. The Balaban J connectivity index is 1.54. The normalized spacial score (nSPS) is 17.0. The fourth-order valence-electron chi connectivity index (χ4n) is 3.40. The van der Waals surface area contributed by atoms with E-state index in [-0.39, 0.29) is 12.1 Å². The molecule has 1 N–H and O–H groups in total. The van der Waals surface area contributed by atoms with Gasteiger partial charge in [-0.1, -0.05) is 24.3 Å². The molecule has 1 aliphatic heterocycles. The van der Waals surface area contributed by atoms with Gasteiger partial charge in [-0.3, -0.25) is 0 Å². The topological polar surface area (TPSA) is 59.4 Å². The van der Waals surface area contributed by atoms with E-state index in [1.807, 2.05) is 53.4 Å². The highest BCUT2D eigenvalue weighted by atomic mass is 16.5. The van der Waals surface area contributed by atoms with Gasteiger partial charge in [0, 0.05) is 6.54 Å². The third-order valence-corrected chi connectivity index (χ3v) is 4.68. The van der Waals surface area contributed by atoms with Crippen molar-refractivity contribution in [3.8, 4) is 5.75 Å². The van der Waals surface area contributed by atoms with Crippen LogP contribution in [0.25, 0.3) is 11.0 Å². The number of urea groups is 1. The molecule has 3 aromatic rings. The first-order valence-electron chi connectivity index (χ1n) is 8.40. The Morgan fingerprint density at radius 3 is 2.80 bits per heavy atom. The predicted molar refractivity (Wildman–Crippen MR) is 96.2 cm³/mol. The highest BCUT2D eigenvalue weighted by molar-refractivity contribution is 5.85. The van der Waals surface area contributed by atoms with Gasteiger partial charge in [-0.2, -0.15) is 0 Å². The number of likely N-dealkylation sites (tertiary alicyclic amines) is 1. The van der Waals surface area contributed by atoms with E-state index in [0.29, 0.717) is 0 Å². The third kappa shape index (κ3) is 2.91. The van der Waals surface area contributed by atoms with Crippen LogP contribution < -0.4 is 10.2 Å². The summed E-state index contributed by atoms with van der Waals surface area (Å²) in [7, 11) is 1.65. The summed E-state index contributed by atoms with van der Waals surface area (Å²) >= 11 is 0. The van der Waals surface area contributed by atoms with Gasteiger partial charge in [0.2, 0.25) is 0 Å². The lowest BCUT2D eigenvalue weighted by Crippen LogP contribution is -2.38. The fraction of sp³-hybridized carbons (Fsp3) is 0.263. The van der Waals surface area contributed by atoms with Crippen LogP contribution in [0.3, 0.4) is 0 Å². The second-order valence-electron chi connectivity index (χ2n) is 6.14. The number of imidazole rings is 1. The highest BCUT2D eigenvalue weighted by Crippen LogP contribution is 2.32. The first kappa shape index (κ1) is 15.5. The maximum absolute atomic E-state index is 12.8. The Labute approximate surface area is 146 Å². The number of ether oxygens (including phenoxy) is 1. The minimum atomic E-state index is -0.110. The number of aromatic nitrogens is 2. The molecule has 25 heavy (non-hydrogen) atoms. The summed E-state index contributed by atoms with van der Waals surface area (Å²) in [5.74, 6) is 0.822. The third-order valence-electron chi connectivity index (χ3n) is 4.68. The molecule has 0 unspecified atom stereocenters. The molecule has 2 aromatic carbocycles.